The van der Waals surface area contributed by atoms with Crippen LogP contribution in [0, 0.1) is 5.82 Å². The van der Waals surface area contributed by atoms with Crippen LogP contribution in [0.3, 0.4) is 0 Å². The third-order valence-corrected chi connectivity index (χ3v) is 5.13. The number of β-amino-alcohol motifs (C(OH)–C–C–N with tert-alkyl or cyclic N) is 1. The van der Waals surface area contributed by atoms with Gasteiger partial charge in [0.2, 0.25) is 0 Å². The molecular weight excluding hydrogens is 319 g/mol. The van der Waals surface area contributed by atoms with Crippen molar-refractivity contribution in [3.8, 4) is 0 Å². The van der Waals surface area contributed by atoms with Crippen molar-refractivity contribution in [2.24, 2.45) is 0 Å². The molecule has 3 heterocycles. The Hall–Kier alpha value is -2.18. The summed E-state index contributed by atoms with van der Waals surface area (Å²) in [5, 5.41) is 15.5. The summed E-state index contributed by atoms with van der Waals surface area (Å²) in [5.74, 6) is 0.278. The zero-order valence-electron chi connectivity index (χ0n) is 14.1. The summed E-state index contributed by atoms with van der Waals surface area (Å²) in [7, 11) is 0. The lowest BCUT2D eigenvalue weighted by atomic mass is 9.89. The highest BCUT2D eigenvalue weighted by Gasteiger charge is 2.24. The quantitative estimate of drug-likeness (QED) is 0.750. The largest absolute Gasteiger partial charge is 0.390 e. The third kappa shape index (κ3) is 3.60. The van der Waals surface area contributed by atoms with Crippen LogP contribution in [0.1, 0.15) is 24.3 Å². The lowest BCUT2D eigenvalue weighted by molar-refractivity contribution is 0.0823. The van der Waals surface area contributed by atoms with Gasteiger partial charge in [-0.2, -0.15) is 5.10 Å². The molecule has 1 aliphatic rings. The van der Waals surface area contributed by atoms with Crippen LogP contribution in [-0.2, 0) is 6.54 Å². The molecule has 2 N–H and O–H groups in total. The number of aliphatic hydroxyl groups excluding tert-OH is 1. The van der Waals surface area contributed by atoms with Gasteiger partial charge in [0.1, 0.15) is 5.82 Å². The topological polar surface area (TPSA) is 57.1 Å². The van der Waals surface area contributed by atoms with E-state index in [9.17, 15) is 9.50 Å². The molecular formula is C19H23FN4O. The molecule has 2 aromatic heterocycles. The highest BCUT2D eigenvalue weighted by molar-refractivity contribution is 5.83. The monoisotopic (exact) mass is 342 g/mol. The molecule has 1 unspecified atom stereocenters. The van der Waals surface area contributed by atoms with Crippen molar-refractivity contribution in [2.45, 2.75) is 31.4 Å². The Bertz CT molecular complexity index is 821. The van der Waals surface area contributed by atoms with E-state index in [0.717, 1.165) is 36.8 Å². The second-order valence-electron chi connectivity index (χ2n) is 6.89. The number of rotatable bonds is 5. The minimum absolute atomic E-state index is 0.207. The lowest BCUT2D eigenvalue weighted by Gasteiger charge is -2.33. The molecule has 0 amide bonds. The molecule has 0 aliphatic carbocycles. The molecule has 1 saturated heterocycles. The summed E-state index contributed by atoms with van der Waals surface area (Å²) in [4.78, 5) is 5.51. The third-order valence-electron chi connectivity index (χ3n) is 5.13. The van der Waals surface area contributed by atoms with E-state index in [1.807, 2.05) is 24.5 Å². The second-order valence-corrected chi connectivity index (χ2v) is 6.89. The van der Waals surface area contributed by atoms with Crippen molar-refractivity contribution in [2.75, 3.05) is 19.6 Å². The number of piperidine rings is 1. The molecule has 1 fully saturated rings. The van der Waals surface area contributed by atoms with Crippen molar-refractivity contribution in [1.82, 2.24) is 19.7 Å². The zero-order chi connectivity index (χ0) is 17.2. The van der Waals surface area contributed by atoms with Crippen LogP contribution in [0.25, 0.3) is 10.9 Å². The first kappa shape index (κ1) is 16.3. The van der Waals surface area contributed by atoms with E-state index in [1.165, 1.54) is 11.6 Å². The average Bonchev–Trinajstić information content (AvgIpc) is 3.24. The zero-order valence-corrected chi connectivity index (χ0v) is 14.1. The van der Waals surface area contributed by atoms with Gasteiger partial charge in [-0.25, -0.2) is 4.39 Å². The van der Waals surface area contributed by atoms with E-state index in [4.69, 9.17) is 0 Å². The number of halogens is 1. The standard InChI is InChI=1S/C19H23FN4O/c20-15-2-3-17-18(11-21-19(17)10-15)14-4-8-23(9-5-14)12-16(25)13-24-7-1-6-22-24/h1-3,6-7,10-11,14,16,21,25H,4-5,8-9,12-13H2. The van der Waals surface area contributed by atoms with E-state index in [2.05, 4.69) is 15.0 Å². The van der Waals surface area contributed by atoms with Gasteiger partial charge < -0.3 is 15.0 Å². The number of aliphatic hydroxyl groups is 1. The fourth-order valence-corrected chi connectivity index (χ4v) is 3.87. The Morgan fingerprint density at radius 2 is 2.12 bits per heavy atom. The lowest BCUT2D eigenvalue weighted by Crippen LogP contribution is -2.39. The van der Waals surface area contributed by atoms with Crippen molar-refractivity contribution in [3.05, 3.63) is 54.2 Å². The van der Waals surface area contributed by atoms with Crippen LogP contribution in [0.2, 0.25) is 0 Å². The molecule has 132 valence electrons. The van der Waals surface area contributed by atoms with Crippen molar-refractivity contribution in [3.63, 3.8) is 0 Å². The Balaban J connectivity index is 1.34. The van der Waals surface area contributed by atoms with Gasteiger partial charge >= 0.3 is 0 Å². The molecule has 3 aromatic rings. The first-order valence-corrected chi connectivity index (χ1v) is 8.83. The number of nitrogens with zero attached hydrogens (tertiary/aromatic N) is 3. The summed E-state index contributed by atoms with van der Waals surface area (Å²) in [6, 6.07) is 6.82. The van der Waals surface area contributed by atoms with Crippen molar-refractivity contribution < 1.29 is 9.50 Å². The summed E-state index contributed by atoms with van der Waals surface area (Å²) in [5.41, 5.74) is 2.15. The molecule has 0 saturated carbocycles. The number of hydrogen-bond donors (Lipinski definition) is 2. The van der Waals surface area contributed by atoms with Crippen LogP contribution in [0.4, 0.5) is 4.39 Å². The molecule has 1 aromatic carbocycles. The van der Waals surface area contributed by atoms with Gasteiger partial charge in [0.25, 0.3) is 0 Å². The van der Waals surface area contributed by atoms with E-state index in [0.29, 0.717) is 19.0 Å². The first-order valence-electron chi connectivity index (χ1n) is 8.83. The highest BCUT2D eigenvalue weighted by atomic mass is 19.1. The molecule has 5 nitrogen and oxygen atoms in total. The molecule has 1 atom stereocenters. The van der Waals surface area contributed by atoms with Crippen LogP contribution in [0.5, 0.6) is 0 Å². The van der Waals surface area contributed by atoms with Crippen LogP contribution in [0.15, 0.2) is 42.9 Å². The van der Waals surface area contributed by atoms with E-state index >= 15 is 0 Å². The highest BCUT2D eigenvalue weighted by Crippen LogP contribution is 2.33. The fraction of sp³-hybridized carbons (Fsp3) is 0.421. The van der Waals surface area contributed by atoms with Gasteiger partial charge in [-0.15, -0.1) is 0 Å². The van der Waals surface area contributed by atoms with E-state index < -0.39 is 6.10 Å². The van der Waals surface area contributed by atoms with Crippen molar-refractivity contribution in [1.29, 1.82) is 0 Å². The Morgan fingerprint density at radius 3 is 2.88 bits per heavy atom. The summed E-state index contributed by atoms with van der Waals surface area (Å²) in [6.07, 6.45) is 7.32. The SMILES string of the molecule is OC(CN1CCC(c2c[nH]c3cc(F)ccc23)CC1)Cn1cccn1. The normalized spacial score (nSPS) is 18.0. The molecule has 0 radical (unpaired) electrons. The number of nitrogens with one attached hydrogen (secondary N) is 1. The maximum atomic E-state index is 13.3. The Morgan fingerprint density at radius 1 is 1.28 bits per heavy atom. The number of aromatic nitrogens is 3. The average molecular weight is 342 g/mol. The number of aromatic amines is 1. The molecule has 6 heteroatoms. The molecule has 1 aliphatic heterocycles. The molecule has 0 bridgehead atoms. The first-order chi connectivity index (χ1) is 12.2. The maximum Gasteiger partial charge on any atom is 0.125 e. The van der Waals surface area contributed by atoms with Crippen molar-refractivity contribution >= 4 is 10.9 Å². The number of H-pyrrole nitrogens is 1. The minimum atomic E-state index is -0.410. The number of likely N-dealkylation sites (tertiary alicyclic amines) is 1. The van der Waals surface area contributed by atoms with Gasteiger partial charge in [-0.3, -0.25) is 4.68 Å². The Labute approximate surface area is 146 Å². The molecule has 25 heavy (non-hydrogen) atoms. The van der Waals surface area contributed by atoms with E-state index in [1.54, 1.807) is 16.9 Å². The van der Waals surface area contributed by atoms with Gasteiger partial charge in [0.05, 0.1) is 12.6 Å². The van der Waals surface area contributed by atoms with E-state index in [-0.39, 0.29) is 5.82 Å². The number of fused-ring (bicyclic) bond motifs is 1. The molecule has 4 rings (SSSR count). The van der Waals surface area contributed by atoms with Gasteiger partial charge in [-0.05, 0) is 61.7 Å². The minimum Gasteiger partial charge on any atom is -0.390 e. The smallest absolute Gasteiger partial charge is 0.125 e. The van der Waals surface area contributed by atoms with Crippen LogP contribution < -0.4 is 0 Å². The van der Waals surface area contributed by atoms with Crippen LogP contribution >= 0.6 is 0 Å². The molecule has 0 spiro atoms. The van der Waals surface area contributed by atoms with Crippen LogP contribution in [-0.4, -0.2) is 50.5 Å². The van der Waals surface area contributed by atoms with Gasteiger partial charge in [0.15, 0.2) is 0 Å². The second kappa shape index (κ2) is 6.98. The summed E-state index contributed by atoms with van der Waals surface area (Å²) >= 11 is 0. The number of hydrogen-bond acceptors (Lipinski definition) is 3. The number of benzene rings is 1. The summed E-state index contributed by atoms with van der Waals surface area (Å²) in [6.45, 7) is 3.13. The summed E-state index contributed by atoms with van der Waals surface area (Å²) < 4.78 is 15.1. The van der Waals surface area contributed by atoms with Gasteiger partial charge in [0, 0.05) is 36.0 Å². The maximum absolute atomic E-state index is 13.3. The predicted molar refractivity (Wildman–Crippen MR) is 94.9 cm³/mol. The predicted octanol–water partition coefficient (Wildman–Crippen LogP) is 2.74. The fourth-order valence-electron chi connectivity index (χ4n) is 3.87. The van der Waals surface area contributed by atoms with Gasteiger partial charge in [-0.1, -0.05) is 0 Å². The Kier molecular flexibility index (Phi) is 4.55.